The number of hydrogen-bond donors (Lipinski definition) is 0. The van der Waals surface area contributed by atoms with E-state index in [4.69, 9.17) is 17.6 Å². The van der Waals surface area contributed by atoms with Gasteiger partial charge < -0.3 is 8.98 Å². The van der Waals surface area contributed by atoms with Crippen molar-refractivity contribution >= 4 is 67.8 Å². The summed E-state index contributed by atoms with van der Waals surface area (Å²) < 4.78 is 54.4. The van der Waals surface area contributed by atoms with E-state index >= 15 is 0 Å². The predicted molar refractivity (Wildman–Crippen MR) is 299 cm³/mol. The molecule has 0 fully saturated rings. The summed E-state index contributed by atoms with van der Waals surface area (Å²) in [7, 11) is -1.49. The molecule has 0 aliphatic carbocycles. The van der Waals surface area contributed by atoms with E-state index in [-0.39, 0.29) is 43.1 Å². The Labute approximate surface area is 442 Å². The zero-order valence-electron chi connectivity index (χ0n) is 48.0. The molecule has 3 heterocycles. The van der Waals surface area contributed by atoms with Crippen molar-refractivity contribution in [3.63, 3.8) is 0 Å². The molecule has 0 unspecified atom stereocenters. The maximum Gasteiger partial charge on any atom is 0.121 e. The number of benzene rings is 8. The van der Waals surface area contributed by atoms with Gasteiger partial charge in [0.05, 0.1) is 36.3 Å². The van der Waals surface area contributed by atoms with Crippen molar-refractivity contribution < 1.29 is 32.7 Å². The van der Waals surface area contributed by atoms with Gasteiger partial charge >= 0.3 is 0 Å². The van der Waals surface area contributed by atoms with Gasteiger partial charge in [-0.2, -0.15) is 0 Å². The van der Waals surface area contributed by atoms with Crippen LogP contribution in [0.2, 0.25) is 19.6 Å². The van der Waals surface area contributed by atoms with Gasteiger partial charge in [-0.05, 0) is 104 Å². The molecular weight excluding hydrogens is 1060 g/mol. The van der Waals surface area contributed by atoms with Crippen LogP contribution in [0.5, 0.6) is 0 Å². The summed E-state index contributed by atoms with van der Waals surface area (Å²) in [6.07, 6.45) is 1.32. The zero-order valence-corrected chi connectivity index (χ0v) is 45.4. The summed E-state index contributed by atoms with van der Waals surface area (Å²) in [6, 6.07) is 55.2. The summed E-state index contributed by atoms with van der Waals surface area (Å²) in [5.74, 6) is 1.72. The van der Waals surface area contributed by atoms with Crippen LogP contribution in [0.25, 0.3) is 94.1 Å². The molecule has 0 saturated carbocycles. The summed E-state index contributed by atoms with van der Waals surface area (Å²) >= 11 is 0. The van der Waals surface area contributed by atoms with E-state index in [2.05, 4.69) is 189 Å². The minimum atomic E-state index is -2.30. The van der Waals surface area contributed by atoms with E-state index in [9.17, 15) is 0 Å². The second-order valence-corrected chi connectivity index (χ2v) is 26.2. The number of hydrogen-bond acceptors (Lipinski definition) is 4. The maximum atomic E-state index is 7.65. The molecule has 7 heteroatoms. The predicted octanol–water partition coefficient (Wildman–Crippen LogP) is 17.0. The molecule has 0 aliphatic rings. The zero-order chi connectivity index (χ0) is 54.2. The molecule has 5 nitrogen and oxygen atoms in total. The molecular formula is C64H62IrN4OSi-2. The number of aromatic nitrogens is 4. The number of para-hydroxylation sites is 2. The number of nitrogens with zero attached hydrogens (tertiary/aromatic N) is 4. The Balaban J connectivity index is 0.000000244. The van der Waals surface area contributed by atoms with Gasteiger partial charge in [0.1, 0.15) is 5.58 Å². The van der Waals surface area contributed by atoms with Crippen LogP contribution in [0.3, 0.4) is 0 Å². The van der Waals surface area contributed by atoms with Gasteiger partial charge in [-0.15, -0.1) is 53.6 Å². The second kappa shape index (κ2) is 19.3. The van der Waals surface area contributed by atoms with Crippen molar-refractivity contribution in [1.82, 2.24) is 19.5 Å². The average Bonchev–Trinajstić information content (AvgIpc) is 4.15. The Kier molecular flexibility index (Phi) is 11.4. The van der Waals surface area contributed by atoms with Gasteiger partial charge in [-0.3, -0.25) is 15.0 Å². The largest absolute Gasteiger partial charge is 0.501 e. The molecule has 0 spiro atoms. The SMILES string of the molecule is CC(C)c1cc(-c2ccccc2)cc(C(C)C)c1-n1c(-c2[c-]ccc3c2oc2cc4c(ccc5ccc([Si](C)(C)C)cc54)cc23)nc2ccccc21.[2H]C([2H])([2H])c1c[c-]c(-c2ncc(C([2H])([2H])[2H])c(C(C)(C)C)n2)cc1.[Ir]. The first-order chi connectivity index (χ1) is 35.9. The minimum absolute atomic E-state index is 0. The third-order valence-electron chi connectivity index (χ3n) is 13.3. The Morgan fingerprint density at radius 1 is 0.676 bits per heavy atom. The van der Waals surface area contributed by atoms with Crippen LogP contribution in [0.4, 0.5) is 0 Å². The summed E-state index contributed by atoms with van der Waals surface area (Å²) in [6.45, 7) is 17.6. The van der Waals surface area contributed by atoms with Crippen LogP contribution < -0.4 is 5.19 Å². The molecule has 71 heavy (non-hydrogen) atoms. The molecule has 11 aromatic rings. The smallest absolute Gasteiger partial charge is 0.121 e. The van der Waals surface area contributed by atoms with Crippen molar-refractivity contribution in [2.45, 2.75) is 99.1 Å². The van der Waals surface area contributed by atoms with Gasteiger partial charge in [-0.25, -0.2) is 0 Å². The van der Waals surface area contributed by atoms with E-state index in [1.807, 2.05) is 26.8 Å². The second-order valence-electron chi connectivity index (χ2n) is 21.2. The number of aryl methyl sites for hydroxylation is 2. The fourth-order valence-electron chi connectivity index (χ4n) is 9.61. The average molecular weight is 1130 g/mol. The van der Waals surface area contributed by atoms with Crippen LogP contribution in [0.1, 0.15) is 96.5 Å². The standard InChI is InChI=1S/C48H43N2OSi.C16H19N2.Ir/c1-29(2)38-25-34(31-14-9-8-10-15-31)26-39(30(3)4)46(38)50-44-19-12-11-18-43(44)49-48(50)37-17-13-16-36-42-24-33-21-20-32-22-23-35(52(5,6)7)27-40(32)41(33)28-45(42)51-47(36)37;1-11-6-8-13(9-7-11)15-17-10-12(2)14(18-15)16(3,4)5;/h8-16,18-30H,1-7H3;6-8,10H,1-5H3;/q2*-1;/i;1D3,2D3;. The number of rotatable bonds is 7. The van der Waals surface area contributed by atoms with E-state index in [1.54, 1.807) is 6.07 Å². The molecule has 359 valence electrons. The van der Waals surface area contributed by atoms with Crippen LogP contribution >= 0.6 is 0 Å². The molecule has 8 aromatic carbocycles. The van der Waals surface area contributed by atoms with Gasteiger partial charge in [0.2, 0.25) is 0 Å². The van der Waals surface area contributed by atoms with Crippen LogP contribution in [-0.2, 0) is 25.5 Å². The molecule has 0 atom stereocenters. The number of fused-ring (bicyclic) bond motifs is 7. The normalized spacial score (nSPS) is 13.7. The van der Waals surface area contributed by atoms with Crippen LogP contribution in [-0.4, -0.2) is 27.6 Å². The first-order valence-electron chi connectivity index (χ1n) is 27.2. The van der Waals surface area contributed by atoms with Gasteiger partial charge in [0, 0.05) is 56.7 Å². The quantitative estimate of drug-likeness (QED) is 0.0906. The molecule has 0 aliphatic heterocycles. The fraction of sp³-hybridized carbons (Fsp3) is 0.234. The number of furan rings is 1. The third kappa shape index (κ3) is 9.44. The fourth-order valence-corrected chi connectivity index (χ4v) is 10.8. The van der Waals surface area contributed by atoms with Gasteiger partial charge in [0.15, 0.2) is 0 Å². The van der Waals surface area contributed by atoms with E-state index in [0.717, 1.165) is 44.4 Å². The summed E-state index contributed by atoms with van der Waals surface area (Å²) in [5, 5.41) is 8.64. The van der Waals surface area contributed by atoms with Crippen LogP contribution in [0.15, 0.2) is 150 Å². The molecule has 1 radical (unpaired) electrons. The van der Waals surface area contributed by atoms with E-state index in [1.165, 1.54) is 73.0 Å². The van der Waals surface area contributed by atoms with Gasteiger partial charge in [0.25, 0.3) is 0 Å². The van der Waals surface area contributed by atoms with E-state index < -0.39 is 27.2 Å². The maximum absolute atomic E-state index is 7.65. The van der Waals surface area contributed by atoms with Crippen molar-refractivity contribution in [2.24, 2.45) is 0 Å². The molecule has 0 amide bonds. The van der Waals surface area contributed by atoms with Crippen molar-refractivity contribution in [3.8, 4) is 39.6 Å². The van der Waals surface area contributed by atoms with Crippen molar-refractivity contribution in [2.75, 3.05) is 0 Å². The minimum Gasteiger partial charge on any atom is -0.501 e. The van der Waals surface area contributed by atoms with Crippen molar-refractivity contribution in [1.29, 1.82) is 0 Å². The topological polar surface area (TPSA) is 56.7 Å². The Hall–Kier alpha value is -6.50. The summed E-state index contributed by atoms with van der Waals surface area (Å²) in [4.78, 5) is 13.9. The Morgan fingerprint density at radius 3 is 2.06 bits per heavy atom. The summed E-state index contributed by atoms with van der Waals surface area (Å²) in [5.41, 5.74) is 11.6. The molecule has 3 aromatic heterocycles. The van der Waals surface area contributed by atoms with Gasteiger partial charge in [-0.1, -0.05) is 164 Å². The van der Waals surface area contributed by atoms with Crippen LogP contribution in [0, 0.1) is 25.8 Å². The molecule has 11 rings (SSSR count). The first kappa shape index (κ1) is 42.2. The Bertz CT molecular complexity index is 3970. The van der Waals surface area contributed by atoms with Crippen molar-refractivity contribution in [3.05, 3.63) is 186 Å². The molecule has 0 N–H and O–H groups in total. The van der Waals surface area contributed by atoms with E-state index in [0.29, 0.717) is 17.1 Å². The number of imidazole rings is 1. The first-order valence-corrected chi connectivity index (χ1v) is 27.7. The molecule has 0 saturated heterocycles. The monoisotopic (exact) mass is 1130 g/mol. The third-order valence-corrected chi connectivity index (χ3v) is 15.4. The Morgan fingerprint density at radius 2 is 1.38 bits per heavy atom. The molecule has 0 bridgehead atoms.